The highest BCUT2D eigenvalue weighted by atomic mass is 16.5. The van der Waals surface area contributed by atoms with Gasteiger partial charge in [-0.2, -0.15) is 0 Å². The van der Waals surface area contributed by atoms with Gasteiger partial charge in [0.05, 0.1) is 6.61 Å². The lowest BCUT2D eigenvalue weighted by Crippen LogP contribution is -2.05. The van der Waals surface area contributed by atoms with E-state index in [1.165, 1.54) is 18.9 Å². The highest BCUT2D eigenvalue weighted by Gasteiger charge is 2.22. The molecule has 1 saturated carbocycles. The van der Waals surface area contributed by atoms with Gasteiger partial charge in [0.1, 0.15) is 5.75 Å². The Hall–Kier alpha value is -2.29. The van der Waals surface area contributed by atoms with E-state index >= 15 is 0 Å². The number of carbonyl (C=O) groups excluding carboxylic acids is 1. The summed E-state index contributed by atoms with van der Waals surface area (Å²) >= 11 is 0. The fourth-order valence-corrected chi connectivity index (χ4v) is 2.23. The van der Waals surface area contributed by atoms with Crippen molar-refractivity contribution >= 4 is 22.8 Å². The molecule has 0 atom stereocenters. The van der Waals surface area contributed by atoms with Crippen LogP contribution >= 0.6 is 0 Å². The van der Waals surface area contributed by atoms with Crippen molar-refractivity contribution in [3.8, 4) is 5.75 Å². The van der Waals surface area contributed by atoms with Crippen LogP contribution in [0.4, 0.5) is 0 Å². The van der Waals surface area contributed by atoms with Gasteiger partial charge in [0, 0.05) is 11.5 Å². The van der Waals surface area contributed by atoms with E-state index in [1.807, 2.05) is 36.4 Å². The minimum Gasteiger partial charge on any atom is -0.493 e. The van der Waals surface area contributed by atoms with Crippen molar-refractivity contribution in [1.29, 1.82) is 0 Å². The lowest BCUT2D eigenvalue weighted by Gasteiger charge is -2.10. The molecule has 102 valence electrons. The van der Waals surface area contributed by atoms with Crippen molar-refractivity contribution in [3.05, 3.63) is 48.0 Å². The largest absolute Gasteiger partial charge is 0.493 e. The molecular formula is C17H17NO2. The van der Waals surface area contributed by atoms with Crippen LogP contribution in [0.15, 0.2) is 42.5 Å². The van der Waals surface area contributed by atoms with Crippen LogP contribution in [-0.4, -0.2) is 12.5 Å². The lowest BCUT2D eigenvalue weighted by molar-refractivity contribution is -0.113. The van der Waals surface area contributed by atoms with Crippen molar-refractivity contribution in [1.82, 2.24) is 0 Å². The van der Waals surface area contributed by atoms with Gasteiger partial charge in [-0.3, -0.25) is 4.79 Å². The Morgan fingerprint density at radius 3 is 2.65 bits per heavy atom. The molecule has 3 heteroatoms. The van der Waals surface area contributed by atoms with Crippen LogP contribution in [0.3, 0.4) is 0 Å². The number of nitrogens with two attached hydrogens (primary N) is 1. The molecule has 0 aromatic heterocycles. The first-order valence-corrected chi connectivity index (χ1v) is 6.86. The zero-order valence-corrected chi connectivity index (χ0v) is 11.2. The van der Waals surface area contributed by atoms with Gasteiger partial charge in [0.2, 0.25) is 5.91 Å². The highest BCUT2D eigenvalue weighted by molar-refractivity contribution is 5.98. The maximum absolute atomic E-state index is 10.9. The van der Waals surface area contributed by atoms with Crippen molar-refractivity contribution in [3.63, 3.8) is 0 Å². The van der Waals surface area contributed by atoms with Crippen LogP contribution in [0.25, 0.3) is 16.8 Å². The van der Waals surface area contributed by atoms with Crippen molar-refractivity contribution < 1.29 is 9.53 Å². The van der Waals surface area contributed by atoms with Crippen molar-refractivity contribution in [2.24, 2.45) is 11.7 Å². The van der Waals surface area contributed by atoms with Crippen molar-refractivity contribution in [2.45, 2.75) is 12.8 Å². The number of hydrogen-bond donors (Lipinski definition) is 1. The second kappa shape index (κ2) is 5.37. The molecule has 1 aliphatic carbocycles. The Labute approximate surface area is 118 Å². The molecule has 2 aromatic carbocycles. The summed E-state index contributed by atoms with van der Waals surface area (Å²) in [5.74, 6) is 1.19. The number of rotatable bonds is 5. The van der Waals surface area contributed by atoms with Gasteiger partial charge in [-0.1, -0.05) is 30.3 Å². The maximum atomic E-state index is 10.9. The summed E-state index contributed by atoms with van der Waals surface area (Å²) in [4.78, 5) is 10.9. The zero-order chi connectivity index (χ0) is 13.9. The van der Waals surface area contributed by atoms with Crippen LogP contribution in [0.2, 0.25) is 0 Å². The minimum absolute atomic E-state index is 0.442. The first kappa shape index (κ1) is 12.7. The topological polar surface area (TPSA) is 52.3 Å². The van der Waals surface area contributed by atoms with Crippen molar-refractivity contribution in [2.75, 3.05) is 6.61 Å². The number of fused-ring (bicyclic) bond motifs is 1. The smallest absolute Gasteiger partial charge is 0.241 e. The second-order valence-corrected chi connectivity index (χ2v) is 5.19. The Morgan fingerprint density at radius 2 is 1.95 bits per heavy atom. The average molecular weight is 267 g/mol. The van der Waals surface area contributed by atoms with Crippen LogP contribution in [0, 0.1) is 5.92 Å². The summed E-state index contributed by atoms with van der Waals surface area (Å²) in [5.41, 5.74) is 6.12. The molecule has 0 aliphatic heterocycles. The molecule has 1 fully saturated rings. The van der Waals surface area contributed by atoms with Gasteiger partial charge in [0.15, 0.2) is 0 Å². The zero-order valence-electron chi connectivity index (χ0n) is 11.2. The molecule has 0 heterocycles. The maximum Gasteiger partial charge on any atom is 0.241 e. The first-order valence-electron chi connectivity index (χ1n) is 6.86. The van der Waals surface area contributed by atoms with Crippen LogP contribution in [0.1, 0.15) is 18.4 Å². The predicted molar refractivity (Wildman–Crippen MR) is 80.4 cm³/mol. The Kier molecular flexibility index (Phi) is 3.42. The Balaban J connectivity index is 1.97. The normalized spacial score (nSPS) is 14.8. The third-order valence-corrected chi connectivity index (χ3v) is 3.52. The van der Waals surface area contributed by atoms with E-state index in [2.05, 4.69) is 0 Å². The predicted octanol–water partition coefficient (Wildman–Crippen LogP) is 3.13. The SMILES string of the molecule is NC(=O)/C=C/c1ccc(OCC2CC2)c2ccccc12. The third kappa shape index (κ3) is 2.82. The third-order valence-electron chi connectivity index (χ3n) is 3.52. The average Bonchev–Trinajstić information content (AvgIpc) is 3.27. The summed E-state index contributed by atoms with van der Waals surface area (Å²) in [6, 6.07) is 12.0. The summed E-state index contributed by atoms with van der Waals surface area (Å²) < 4.78 is 5.91. The summed E-state index contributed by atoms with van der Waals surface area (Å²) in [5, 5.41) is 2.14. The number of hydrogen-bond acceptors (Lipinski definition) is 2. The summed E-state index contributed by atoms with van der Waals surface area (Å²) in [6.45, 7) is 0.792. The van der Waals surface area contributed by atoms with Gasteiger partial charge in [-0.25, -0.2) is 0 Å². The molecule has 1 aliphatic rings. The molecule has 0 radical (unpaired) electrons. The lowest BCUT2D eigenvalue weighted by atomic mass is 10.0. The molecule has 0 spiro atoms. The molecular weight excluding hydrogens is 250 g/mol. The fourth-order valence-electron chi connectivity index (χ4n) is 2.23. The Bertz CT molecular complexity index is 672. The summed E-state index contributed by atoms with van der Waals surface area (Å²) in [7, 11) is 0. The number of benzene rings is 2. The van der Waals surface area contributed by atoms with E-state index in [0.29, 0.717) is 0 Å². The van der Waals surface area contributed by atoms with E-state index in [1.54, 1.807) is 6.08 Å². The molecule has 0 bridgehead atoms. The van der Waals surface area contributed by atoms with Crippen LogP contribution in [-0.2, 0) is 4.79 Å². The molecule has 0 saturated heterocycles. The van der Waals surface area contributed by atoms with Crippen LogP contribution in [0.5, 0.6) is 5.75 Å². The standard InChI is InChI=1S/C17H17NO2/c18-17(19)10-8-13-7-9-16(20-11-12-5-6-12)15-4-2-1-3-14(13)15/h1-4,7-10,12H,5-6,11H2,(H2,18,19)/b10-8+. The van der Waals surface area contributed by atoms with E-state index in [0.717, 1.165) is 34.6 Å². The van der Waals surface area contributed by atoms with E-state index in [4.69, 9.17) is 10.5 Å². The van der Waals surface area contributed by atoms with E-state index in [9.17, 15) is 4.79 Å². The molecule has 3 nitrogen and oxygen atoms in total. The molecule has 20 heavy (non-hydrogen) atoms. The van der Waals surface area contributed by atoms with Crippen LogP contribution < -0.4 is 10.5 Å². The van der Waals surface area contributed by atoms with E-state index in [-0.39, 0.29) is 0 Å². The quantitative estimate of drug-likeness (QED) is 0.846. The molecule has 0 unspecified atom stereocenters. The highest BCUT2D eigenvalue weighted by Crippen LogP contribution is 2.33. The monoisotopic (exact) mass is 267 g/mol. The summed E-state index contributed by atoms with van der Waals surface area (Å²) in [6.07, 6.45) is 5.68. The van der Waals surface area contributed by atoms with E-state index < -0.39 is 5.91 Å². The molecule has 2 aromatic rings. The minimum atomic E-state index is -0.442. The number of amides is 1. The Morgan fingerprint density at radius 1 is 1.20 bits per heavy atom. The molecule has 1 amide bonds. The van der Waals surface area contributed by atoms with Gasteiger partial charge >= 0.3 is 0 Å². The number of carbonyl (C=O) groups is 1. The fraction of sp³-hybridized carbons (Fsp3) is 0.235. The number of primary amides is 1. The molecule has 2 N–H and O–H groups in total. The molecule has 3 rings (SSSR count). The van der Waals surface area contributed by atoms with Gasteiger partial charge < -0.3 is 10.5 Å². The van der Waals surface area contributed by atoms with Gasteiger partial charge in [0.25, 0.3) is 0 Å². The first-order chi connectivity index (χ1) is 9.74. The van der Waals surface area contributed by atoms with Gasteiger partial charge in [-0.05, 0) is 41.9 Å². The number of ether oxygens (including phenoxy) is 1. The van der Waals surface area contributed by atoms with Gasteiger partial charge in [-0.15, -0.1) is 0 Å². The second-order valence-electron chi connectivity index (χ2n) is 5.19.